The van der Waals surface area contributed by atoms with Gasteiger partial charge in [0.15, 0.2) is 0 Å². The van der Waals surface area contributed by atoms with Gasteiger partial charge in [0.1, 0.15) is 0 Å². The summed E-state index contributed by atoms with van der Waals surface area (Å²) in [4.78, 5) is 24.5. The van der Waals surface area contributed by atoms with Gasteiger partial charge in [-0.1, -0.05) is 269 Å². The Bertz CT molecular complexity index is 1030. The molecule has 0 aliphatic heterocycles. The quantitative estimate of drug-likeness (QED) is 0.0321. The highest BCUT2D eigenvalue weighted by atomic mass is 16.5. The lowest BCUT2D eigenvalue weighted by Gasteiger charge is -2.22. The molecule has 0 aliphatic rings. The van der Waals surface area contributed by atoms with Gasteiger partial charge in [0, 0.05) is 12.8 Å². The second-order valence-corrected chi connectivity index (χ2v) is 20.3. The number of amides is 1. The number of rotatable bonds is 55. The van der Waals surface area contributed by atoms with Crippen LogP contribution in [0.15, 0.2) is 24.3 Å². The third kappa shape index (κ3) is 51.7. The van der Waals surface area contributed by atoms with Crippen LogP contribution in [0.5, 0.6) is 0 Å². The summed E-state index contributed by atoms with van der Waals surface area (Å²) in [7, 11) is 0. The van der Waals surface area contributed by atoms with Crippen LogP contribution in [-0.2, 0) is 14.3 Å². The number of hydrogen-bond donors (Lipinski definition) is 3. The first kappa shape index (κ1) is 64.3. The van der Waals surface area contributed by atoms with Crippen LogP contribution in [0.3, 0.4) is 0 Å². The zero-order valence-corrected chi connectivity index (χ0v) is 44.4. The van der Waals surface area contributed by atoms with Gasteiger partial charge in [-0.3, -0.25) is 9.59 Å². The van der Waals surface area contributed by atoms with Crippen molar-refractivity contribution >= 4 is 11.9 Å². The molecule has 6 nitrogen and oxygen atoms in total. The van der Waals surface area contributed by atoms with E-state index in [1.165, 1.54) is 205 Å². The lowest BCUT2D eigenvalue weighted by molar-refractivity contribution is -0.143. The van der Waals surface area contributed by atoms with E-state index in [4.69, 9.17) is 4.74 Å². The number of carbonyl (C=O) groups is 2. The van der Waals surface area contributed by atoms with E-state index >= 15 is 0 Å². The Labute approximate surface area is 411 Å². The molecule has 0 rings (SSSR count). The van der Waals surface area contributed by atoms with Crippen molar-refractivity contribution < 1.29 is 24.5 Å². The van der Waals surface area contributed by atoms with E-state index in [1.54, 1.807) is 0 Å². The molecule has 6 heteroatoms. The molecule has 3 N–H and O–H groups in total. The van der Waals surface area contributed by atoms with Gasteiger partial charge in [0.2, 0.25) is 5.91 Å². The molecule has 0 bridgehead atoms. The smallest absolute Gasteiger partial charge is 0.305 e. The standard InChI is InChI=1S/C60H115NO5/c1-3-5-7-9-11-13-15-17-19-24-28-32-36-40-44-48-52-58(63)57(56-62)61-59(64)53-49-45-41-37-33-29-25-22-21-23-27-31-35-39-43-47-51-55-66-60(65)54-50-46-42-38-34-30-26-20-18-16-14-12-10-8-6-4-2/h21,23,31,35,57-58,62-63H,3-20,22,24-30,32-34,36-56H2,1-2H3,(H,61,64)/b23-21-,35-31-. The molecule has 1 amide bonds. The lowest BCUT2D eigenvalue weighted by atomic mass is 10.0. The van der Waals surface area contributed by atoms with Gasteiger partial charge < -0.3 is 20.3 Å². The summed E-state index contributed by atoms with van der Waals surface area (Å²) in [5, 5.41) is 23.3. The van der Waals surface area contributed by atoms with Crippen molar-refractivity contribution in [3.05, 3.63) is 24.3 Å². The third-order valence-corrected chi connectivity index (χ3v) is 13.8. The molecule has 0 spiro atoms. The predicted molar refractivity (Wildman–Crippen MR) is 287 cm³/mol. The summed E-state index contributed by atoms with van der Waals surface area (Å²) < 4.78 is 5.46. The maximum atomic E-state index is 12.5. The first-order valence-electron chi connectivity index (χ1n) is 29.6. The van der Waals surface area contributed by atoms with Crippen molar-refractivity contribution in [1.82, 2.24) is 5.32 Å². The van der Waals surface area contributed by atoms with Crippen molar-refractivity contribution in [3.8, 4) is 0 Å². The Morgan fingerprint density at radius 1 is 0.424 bits per heavy atom. The summed E-state index contributed by atoms with van der Waals surface area (Å²) in [6.45, 7) is 4.93. The molecule has 0 aromatic carbocycles. The average molecular weight is 931 g/mol. The van der Waals surface area contributed by atoms with Gasteiger partial charge in [0.25, 0.3) is 0 Å². The predicted octanol–water partition coefficient (Wildman–Crippen LogP) is 18.2. The largest absolute Gasteiger partial charge is 0.466 e. The normalized spacial score (nSPS) is 12.7. The Morgan fingerprint density at radius 2 is 0.758 bits per heavy atom. The van der Waals surface area contributed by atoms with Crippen LogP contribution in [0.4, 0.5) is 0 Å². The second-order valence-electron chi connectivity index (χ2n) is 20.3. The minimum Gasteiger partial charge on any atom is -0.466 e. The molecule has 2 unspecified atom stereocenters. The number of ether oxygens (including phenoxy) is 1. The van der Waals surface area contributed by atoms with Crippen LogP contribution in [-0.4, -0.2) is 47.4 Å². The summed E-state index contributed by atoms with van der Waals surface area (Å²) in [5.74, 6) is -0.0608. The van der Waals surface area contributed by atoms with Gasteiger partial charge in [-0.2, -0.15) is 0 Å². The maximum Gasteiger partial charge on any atom is 0.305 e. The SMILES string of the molecule is CCCCCCCCCCCCCCCCCCC(=O)OCCCCC/C=C\C/C=C\CCCCCCCCCC(=O)NC(CO)C(O)CCCCCCCCCCCCCCCCCC. The van der Waals surface area contributed by atoms with E-state index in [2.05, 4.69) is 43.5 Å². The van der Waals surface area contributed by atoms with Crippen LogP contribution in [0.25, 0.3) is 0 Å². The van der Waals surface area contributed by atoms with Crippen LogP contribution >= 0.6 is 0 Å². The van der Waals surface area contributed by atoms with Gasteiger partial charge in [-0.05, 0) is 64.2 Å². The van der Waals surface area contributed by atoms with Crippen molar-refractivity contribution in [2.45, 2.75) is 334 Å². The molecule has 0 saturated heterocycles. The van der Waals surface area contributed by atoms with Gasteiger partial charge >= 0.3 is 5.97 Å². The van der Waals surface area contributed by atoms with Crippen LogP contribution in [0, 0.1) is 0 Å². The highest BCUT2D eigenvalue weighted by molar-refractivity contribution is 5.76. The van der Waals surface area contributed by atoms with Crippen LogP contribution in [0.1, 0.15) is 322 Å². The van der Waals surface area contributed by atoms with E-state index in [-0.39, 0.29) is 18.5 Å². The van der Waals surface area contributed by atoms with Crippen molar-refractivity contribution in [3.63, 3.8) is 0 Å². The summed E-state index contributed by atoms with van der Waals surface area (Å²) in [5.41, 5.74) is 0. The molecule has 0 aromatic rings. The molecule has 0 aromatic heterocycles. The summed E-state index contributed by atoms with van der Waals surface area (Å²) >= 11 is 0. The summed E-state index contributed by atoms with van der Waals surface area (Å²) in [6.07, 6.45) is 67.4. The Kier molecular flexibility index (Phi) is 54.5. The van der Waals surface area contributed by atoms with Gasteiger partial charge in [-0.25, -0.2) is 0 Å². The second kappa shape index (κ2) is 55.9. The molecule has 0 fully saturated rings. The van der Waals surface area contributed by atoms with E-state index in [0.717, 1.165) is 83.5 Å². The number of aliphatic hydroxyl groups is 2. The monoisotopic (exact) mass is 930 g/mol. The first-order valence-corrected chi connectivity index (χ1v) is 29.6. The Morgan fingerprint density at radius 3 is 1.15 bits per heavy atom. The topological polar surface area (TPSA) is 95.9 Å². The number of esters is 1. The third-order valence-electron chi connectivity index (χ3n) is 13.8. The molecule has 0 saturated carbocycles. The first-order chi connectivity index (χ1) is 32.5. The van der Waals surface area contributed by atoms with Crippen molar-refractivity contribution in [1.29, 1.82) is 0 Å². The molecular weight excluding hydrogens is 815 g/mol. The van der Waals surface area contributed by atoms with Gasteiger partial charge in [0.05, 0.1) is 25.4 Å². The minimum atomic E-state index is -0.674. The van der Waals surface area contributed by atoms with E-state index in [0.29, 0.717) is 25.9 Å². The molecule has 0 radical (unpaired) electrons. The van der Waals surface area contributed by atoms with E-state index in [9.17, 15) is 19.8 Å². The molecule has 2 atom stereocenters. The number of nitrogens with one attached hydrogen (secondary N) is 1. The molecule has 0 heterocycles. The fourth-order valence-electron chi connectivity index (χ4n) is 9.20. The number of carbonyl (C=O) groups excluding carboxylic acids is 2. The number of unbranched alkanes of at least 4 members (excludes halogenated alkanes) is 40. The minimum absolute atomic E-state index is 0.0116. The van der Waals surface area contributed by atoms with Crippen molar-refractivity contribution in [2.75, 3.05) is 13.2 Å². The zero-order valence-electron chi connectivity index (χ0n) is 44.4. The Hall–Kier alpha value is -1.66. The molecule has 390 valence electrons. The highest BCUT2D eigenvalue weighted by Crippen LogP contribution is 2.17. The number of hydrogen-bond acceptors (Lipinski definition) is 5. The number of allylic oxidation sites excluding steroid dienone is 4. The Balaban J connectivity index is 3.48. The molecule has 66 heavy (non-hydrogen) atoms. The van der Waals surface area contributed by atoms with Crippen LogP contribution < -0.4 is 5.32 Å². The fourth-order valence-corrected chi connectivity index (χ4v) is 9.20. The number of aliphatic hydroxyl groups excluding tert-OH is 2. The average Bonchev–Trinajstić information content (AvgIpc) is 3.32. The fraction of sp³-hybridized carbons (Fsp3) is 0.900. The zero-order chi connectivity index (χ0) is 47.9. The summed E-state index contributed by atoms with van der Waals surface area (Å²) in [6, 6.07) is -0.553. The van der Waals surface area contributed by atoms with Crippen molar-refractivity contribution in [2.24, 2.45) is 0 Å². The van der Waals surface area contributed by atoms with E-state index in [1.807, 2.05) is 0 Å². The van der Waals surface area contributed by atoms with Crippen LogP contribution in [0.2, 0.25) is 0 Å². The molecular formula is C60H115NO5. The maximum absolute atomic E-state index is 12.5. The lowest BCUT2D eigenvalue weighted by Crippen LogP contribution is -2.45. The highest BCUT2D eigenvalue weighted by Gasteiger charge is 2.20. The van der Waals surface area contributed by atoms with Gasteiger partial charge in [-0.15, -0.1) is 0 Å². The molecule has 0 aliphatic carbocycles. The van der Waals surface area contributed by atoms with E-state index < -0.39 is 12.1 Å².